The summed E-state index contributed by atoms with van der Waals surface area (Å²) in [5.74, 6) is 1.29. The molecule has 3 aliphatic heterocycles. The fourth-order valence-electron chi connectivity index (χ4n) is 8.44. The second kappa shape index (κ2) is 12.1. The van der Waals surface area contributed by atoms with Crippen molar-refractivity contribution < 1.29 is 23.0 Å². The zero-order chi connectivity index (χ0) is 31.3. The van der Waals surface area contributed by atoms with Crippen LogP contribution < -0.4 is 4.90 Å². The van der Waals surface area contributed by atoms with E-state index in [0.717, 1.165) is 60.5 Å². The first-order valence-electron chi connectivity index (χ1n) is 16.7. The van der Waals surface area contributed by atoms with Crippen LogP contribution in [0.15, 0.2) is 40.9 Å². The number of carbonyl (C=O) groups is 1. The normalized spacial score (nSPS) is 27.8. The molecule has 2 aliphatic carbocycles. The number of nitrogens with zero attached hydrogens (tertiary/aromatic N) is 6. The maximum Gasteiger partial charge on any atom is 0.264 e. The van der Waals surface area contributed by atoms with Gasteiger partial charge >= 0.3 is 0 Å². The molecule has 10 heteroatoms. The quantitative estimate of drug-likeness (QED) is 0.369. The van der Waals surface area contributed by atoms with Crippen molar-refractivity contribution >= 4 is 23.6 Å². The van der Waals surface area contributed by atoms with E-state index in [4.69, 9.17) is 9.84 Å². The highest BCUT2D eigenvalue weighted by Gasteiger charge is 2.43. The van der Waals surface area contributed by atoms with E-state index in [0.29, 0.717) is 48.2 Å². The van der Waals surface area contributed by atoms with Crippen molar-refractivity contribution in [1.82, 2.24) is 14.7 Å². The van der Waals surface area contributed by atoms with E-state index < -0.39 is 6.43 Å². The zero-order valence-electron chi connectivity index (χ0n) is 26.8. The summed E-state index contributed by atoms with van der Waals surface area (Å²) in [6.07, 6.45) is 15.6. The molecule has 2 aromatic rings. The number of methoxy groups -OCH3 is 1. The maximum atomic E-state index is 14.5. The standard InChI is InChI=1S/C35H45F2N6O2/c1-23(44)41-16-10-31-30(22-41)34(39-43(31)20-24-6-11-35(12-7-24)13-8-27(45-3)9-14-35)42-15-4-5-25-17-28(26-19-38-40(2)21-26)29(33(36)37)18-32(25)42/h17-21,24,27,33H,4-16,22H2,1-3H3/q+1/b43-20-. The number of aromatic nitrogens is 2. The molecule has 240 valence electrons. The van der Waals surface area contributed by atoms with E-state index in [1.54, 1.807) is 37.1 Å². The van der Waals surface area contributed by atoms with Crippen LogP contribution in [-0.2, 0) is 23.0 Å². The summed E-state index contributed by atoms with van der Waals surface area (Å²) in [7, 11) is 3.63. The van der Waals surface area contributed by atoms with Gasteiger partial charge in [-0.1, -0.05) is 4.68 Å². The fourth-order valence-corrected chi connectivity index (χ4v) is 8.44. The largest absolute Gasteiger partial charge is 0.381 e. The number of rotatable bonds is 4. The molecular formula is C35H45F2N6O2+. The maximum absolute atomic E-state index is 14.5. The van der Waals surface area contributed by atoms with Crippen LogP contribution in [0, 0.1) is 11.3 Å². The number of carbonyl (C=O) groups excluding carboxylic acids is 1. The molecule has 7 rings (SSSR count). The minimum Gasteiger partial charge on any atom is -0.381 e. The molecule has 2 saturated carbocycles. The number of alkyl halides is 2. The highest BCUT2D eigenvalue weighted by atomic mass is 19.3. The number of hydrogen-bond acceptors (Lipinski definition) is 5. The van der Waals surface area contributed by atoms with Crippen molar-refractivity contribution in [3.63, 3.8) is 0 Å². The zero-order valence-corrected chi connectivity index (χ0v) is 26.8. The van der Waals surface area contributed by atoms with Crippen molar-refractivity contribution in [1.29, 1.82) is 0 Å². The minimum atomic E-state index is -2.62. The molecule has 0 unspecified atom stereocenters. The molecule has 1 spiro atoms. The van der Waals surface area contributed by atoms with Crippen molar-refractivity contribution in [2.45, 2.75) is 90.1 Å². The number of amides is 1. The number of hydrazone groups is 1. The van der Waals surface area contributed by atoms with Gasteiger partial charge in [0.05, 0.1) is 30.8 Å². The van der Waals surface area contributed by atoms with Gasteiger partial charge in [-0.25, -0.2) is 8.78 Å². The van der Waals surface area contributed by atoms with Crippen LogP contribution in [0.4, 0.5) is 14.5 Å². The summed E-state index contributed by atoms with van der Waals surface area (Å²) < 4.78 is 38.5. The monoisotopic (exact) mass is 619 g/mol. The summed E-state index contributed by atoms with van der Waals surface area (Å²) in [6, 6.07) is 3.59. The number of aryl methyl sites for hydroxylation is 2. The van der Waals surface area contributed by atoms with Crippen LogP contribution in [0.25, 0.3) is 11.1 Å². The molecule has 2 fully saturated rings. The summed E-state index contributed by atoms with van der Waals surface area (Å²) in [5, 5.41) is 9.44. The molecule has 0 N–H and O–H groups in total. The van der Waals surface area contributed by atoms with E-state index in [2.05, 4.69) is 20.9 Å². The Balaban J connectivity index is 1.21. The number of ether oxygens (including phenoxy) is 1. The van der Waals surface area contributed by atoms with Gasteiger partial charge in [-0.3, -0.25) is 9.48 Å². The summed E-state index contributed by atoms with van der Waals surface area (Å²) >= 11 is 0. The van der Waals surface area contributed by atoms with Gasteiger partial charge in [0.2, 0.25) is 17.4 Å². The molecule has 0 atom stereocenters. The Morgan fingerprint density at radius 1 is 1.11 bits per heavy atom. The van der Waals surface area contributed by atoms with Gasteiger partial charge in [0.15, 0.2) is 6.21 Å². The SMILES string of the molecule is COC1CCC2(CCC(/C=[N+]3\N=C(N4CCCc5cc(-c6cnn(C)c6)c(C(F)F)cc54)C4=C3CCN(C(C)=O)C4)CC2)CC1. The Bertz CT molecular complexity index is 1560. The highest BCUT2D eigenvalue weighted by molar-refractivity contribution is 6.12. The van der Waals surface area contributed by atoms with Gasteiger partial charge in [0.1, 0.15) is 0 Å². The van der Waals surface area contributed by atoms with Crippen molar-refractivity contribution in [3.05, 3.63) is 46.9 Å². The second-order valence-electron chi connectivity index (χ2n) is 13.8. The lowest BCUT2D eigenvalue weighted by molar-refractivity contribution is -0.479. The number of fused-ring (bicyclic) bond motifs is 1. The Kier molecular flexibility index (Phi) is 8.12. The van der Waals surface area contributed by atoms with Crippen molar-refractivity contribution in [2.75, 3.05) is 31.6 Å². The van der Waals surface area contributed by atoms with Gasteiger partial charge < -0.3 is 14.5 Å². The Hall–Kier alpha value is -3.40. The lowest BCUT2D eigenvalue weighted by atomic mass is 9.63. The molecule has 1 aromatic carbocycles. The number of anilines is 1. The van der Waals surface area contributed by atoms with Crippen molar-refractivity contribution in [3.8, 4) is 11.1 Å². The molecule has 0 saturated heterocycles. The van der Waals surface area contributed by atoms with Crippen molar-refractivity contribution in [2.24, 2.45) is 23.5 Å². The Labute approximate surface area is 264 Å². The molecule has 5 aliphatic rings. The number of halogens is 2. The molecule has 4 heterocycles. The fraction of sp³-hybridized carbons (Fsp3) is 0.600. The summed E-state index contributed by atoms with van der Waals surface area (Å²) in [5.41, 5.74) is 5.73. The summed E-state index contributed by atoms with van der Waals surface area (Å²) in [4.78, 5) is 16.5. The third kappa shape index (κ3) is 5.75. The lowest BCUT2D eigenvalue weighted by Crippen LogP contribution is -2.42. The van der Waals surface area contributed by atoms with Gasteiger partial charge in [0.25, 0.3) is 6.43 Å². The number of benzene rings is 1. The average molecular weight is 620 g/mol. The smallest absolute Gasteiger partial charge is 0.264 e. The van der Waals surface area contributed by atoms with Crippen LogP contribution in [-0.4, -0.2) is 70.2 Å². The molecule has 1 aromatic heterocycles. The van der Waals surface area contributed by atoms with Crippen LogP contribution in [0.1, 0.15) is 88.7 Å². The summed E-state index contributed by atoms with van der Waals surface area (Å²) in [6.45, 7) is 3.46. The number of hydrogen-bond donors (Lipinski definition) is 0. The third-order valence-electron chi connectivity index (χ3n) is 11.2. The van der Waals surface area contributed by atoms with Gasteiger partial charge in [-0.15, -0.1) is 0 Å². The highest BCUT2D eigenvalue weighted by Crippen LogP contribution is 2.49. The van der Waals surface area contributed by atoms with E-state index in [9.17, 15) is 13.6 Å². The van der Waals surface area contributed by atoms with Crippen LogP contribution in [0.5, 0.6) is 0 Å². The molecular weight excluding hydrogens is 574 g/mol. The first-order valence-corrected chi connectivity index (χ1v) is 16.7. The predicted octanol–water partition coefficient (Wildman–Crippen LogP) is 6.46. The Morgan fingerprint density at radius 2 is 1.87 bits per heavy atom. The molecule has 1 amide bonds. The van der Waals surface area contributed by atoms with Crippen LogP contribution in [0.3, 0.4) is 0 Å². The van der Waals surface area contributed by atoms with E-state index in [-0.39, 0.29) is 11.5 Å². The van der Waals surface area contributed by atoms with E-state index >= 15 is 0 Å². The number of amidine groups is 1. The first kappa shape index (κ1) is 30.3. The molecule has 45 heavy (non-hydrogen) atoms. The van der Waals surface area contributed by atoms with E-state index in [1.807, 2.05) is 18.1 Å². The minimum absolute atomic E-state index is 0.00884. The predicted molar refractivity (Wildman–Crippen MR) is 171 cm³/mol. The third-order valence-corrected chi connectivity index (χ3v) is 11.2. The van der Waals surface area contributed by atoms with Gasteiger partial charge in [0, 0.05) is 68.2 Å². The first-order chi connectivity index (χ1) is 21.7. The average Bonchev–Trinajstić information content (AvgIpc) is 3.64. The van der Waals surface area contributed by atoms with Crippen LogP contribution >= 0.6 is 0 Å². The van der Waals surface area contributed by atoms with E-state index in [1.165, 1.54) is 38.5 Å². The lowest BCUT2D eigenvalue weighted by Gasteiger charge is -2.43. The Morgan fingerprint density at radius 3 is 2.53 bits per heavy atom. The second-order valence-corrected chi connectivity index (χ2v) is 13.8. The van der Waals surface area contributed by atoms with Gasteiger partial charge in [-0.05, 0) is 92.9 Å². The topological polar surface area (TPSA) is 66.0 Å². The molecule has 0 radical (unpaired) electrons. The molecule has 8 nitrogen and oxygen atoms in total. The van der Waals surface area contributed by atoms with Crippen LogP contribution in [0.2, 0.25) is 0 Å². The van der Waals surface area contributed by atoms with Gasteiger partial charge in [-0.2, -0.15) is 5.10 Å². The molecule has 0 bridgehead atoms.